The first-order valence-corrected chi connectivity index (χ1v) is 12.0. The Morgan fingerprint density at radius 1 is 1.24 bits per heavy atom. The van der Waals surface area contributed by atoms with Crippen LogP contribution in [-0.4, -0.2) is 59.7 Å². The van der Waals surface area contributed by atoms with Crippen molar-refractivity contribution in [2.45, 2.75) is 32.2 Å². The zero-order valence-corrected chi connectivity index (χ0v) is 19.8. The zero-order valence-electron chi connectivity index (χ0n) is 19.0. The Morgan fingerprint density at radius 2 is 2.06 bits per heavy atom. The van der Waals surface area contributed by atoms with Crippen molar-refractivity contribution in [1.82, 2.24) is 14.9 Å². The van der Waals surface area contributed by atoms with Gasteiger partial charge in [0.25, 0.3) is 5.91 Å². The summed E-state index contributed by atoms with van der Waals surface area (Å²) in [4.78, 5) is 30.3. The predicted octanol–water partition coefficient (Wildman–Crippen LogP) is 4.02. The quantitative estimate of drug-likeness (QED) is 0.712. The molecule has 1 saturated heterocycles. The van der Waals surface area contributed by atoms with E-state index in [1.165, 1.54) is 19.3 Å². The second-order valence-corrected chi connectivity index (χ2v) is 9.44. The number of amides is 1. The van der Waals surface area contributed by atoms with E-state index in [2.05, 4.69) is 39.3 Å². The molecule has 4 aliphatic rings. The van der Waals surface area contributed by atoms with E-state index in [-0.39, 0.29) is 17.9 Å². The third-order valence-electron chi connectivity index (χ3n) is 7.02. The Balaban J connectivity index is 1.36. The molecule has 4 heterocycles. The Bertz CT molecular complexity index is 1100. The summed E-state index contributed by atoms with van der Waals surface area (Å²) in [6, 6.07) is -0.0120. The summed E-state index contributed by atoms with van der Waals surface area (Å²) in [6.45, 7) is 4.83. The fraction of sp³-hybridized carbons (Fsp3) is 0.440. The van der Waals surface area contributed by atoms with Crippen molar-refractivity contribution in [3.05, 3.63) is 58.4 Å². The van der Waals surface area contributed by atoms with Gasteiger partial charge in [0.1, 0.15) is 5.02 Å². The number of hydrogen-bond acceptors (Lipinski definition) is 6. The van der Waals surface area contributed by atoms with Gasteiger partial charge in [0, 0.05) is 49.1 Å². The largest absolute Gasteiger partial charge is 0.341 e. The van der Waals surface area contributed by atoms with Crippen LogP contribution in [0.15, 0.2) is 58.4 Å². The summed E-state index contributed by atoms with van der Waals surface area (Å²) in [7, 11) is 1.85. The molecule has 0 saturated carbocycles. The molecular formula is C25H29ClN6O. The minimum Gasteiger partial charge on any atom is -0.341 e. The van der Waals surface area contributed by atoms with E-state index in [1.807, 2.05) is 25.3 Å². The van der Waals surface area contributed by atoms with E-state index in [4.69, 9.17) is 16.6 Å². The Hall–Kier alpha value is -2.93. The van der Waals surface area contributed by atoms with E-state index < -0.39 is 0 Å². The van der Waals surface area contributed by atoms with Crippen LogP contribution < -0.4 is 10.2 Å². The topological polar surface area (TPSA) is 73.7 Å². The maximum absolute atomic E-state index is 12.9. The van der Waals surface area contributed by atoms with E-state index >= 15 is 0 Å². The van der Waals surface area contributed by atoms with Crippen LogP contribution in [0.25, 0.3) is 0 Å². The zero-order chi connectivity index (χ0) is 22.9. The average molecular weight is 465 g/mol. The lowest BCUT2D eigenvalue weighted by Gasteiger charge is -2.37. The lowest BCUT2D eigenvalue weighted by atomic mass is 9.85. The summed E-state index contributed by atoms with van der Waals surface area (Å²) in [5, 5.41) is 3.87. The molecule has 7 nitrogen and oxygen atoms in total. The van der Waals surface area contributed by atoms with Crippen molar-refractivity contribution in [1.29, 1.82) is 0 Å². The fourth-order valence-electron chi connectivity index (χ4n) is 4.93. The van der Waals surface area contributed by atoms with Crippen LogP contribution in [0.5, 0.6) is 0 Å². The van der Waals surface area contributed by atoms with Gasteiger partial charge in [-0.05, 0) is 24.8 Å². The first kappa shape index (κ1) is 21.9. The van der Waals surface area contributed by atoms with Crippen LogP contribution >= 0.6 is 11.6 Å². The summed E-state index contributed by atoms with van der Waals surface area (Å²) in [5.74, 6) is 2.19. The summed E-state index contributed by atoms with van der Waals surface area (Å²) >= 11 is 6.44. The molecule has 172 valence electrons. The SMILES string of the molecule is CCC1CCN(c2ncc(Cl)c(NC3=CC4C=C(C5=CCN=C5)C(=O)N(C)C4C=C3)n2)CC1. The first-order chi connectivity index (χ1) is 16.0. The minimum atomic E-state index is -0.0120. The number of aliphatic imine (C=N–C) groups is 1. The number of rotatable bonds is 5. The van der Waals surface area contributed by atoms with Gasteiger partial charge in [0.2, 0.25) is 5.95 Å². The number of anilines is 2. The fourth-order valence-corrected chi connectivity index (χ4v) is 5.07. The number of nitrogens with zero attached hydrogens (tertiary/aromatic N) is 5. The second kappa shape index (κ2) is 9.14. The molecule has 0 radical (unpaired) electrons. The minimum absolute atomic E-state index is 0.0120. The van der Waals surface area contributed by atoms with Gasteiger partial charge in [0.15, 0.2) is 5.82 Å². The molecule has 0 bridgehead atoms. The molecule has 0 spiro atoms. The number of piperidine rings is 1. The molecule has 5 rings (SSSR count). The highest BCUT2D eigenvalue weighted by Crippen LogP contribution is 2.33. The highest BCUT2D eigenvalue weighted by atomic mass is 35.5. The van der Waals surface area contributed by atoms with Crippen LogP contribution in [0.1, 0.15) is 26.2 Å². The first-order valence-electron chi connectivity index (χ1n) is 11.7. The molecule has 2 atom stereocenters. The maximum Gasteiger partial charge on any atom is 0.254 e. The van der Waals surface area contributed by atoms with E-state index in [0.29, 0.717) is 28.9 Å². The van der Waals surface area contributed by atoms with Gasteiger partial charge in [-0.15, -0.1) is 0 Å². The van der Waals surface area contributed by atoms with Gasteiger partial charge in [-0.3, -0.25) is 9.79 Å². The normalized spacial score (nSPS) is 25.1. The molecule has 2 unspecified atom stereocenters. The number of hydrogen-bond donors (Lipinski definition) is 1. The molecule has 3 aliphatic heterocycles. The van der Waals surface area contributed by atoms with Gasteiger partial charge < -0.3 is 15.1 Å². The van der Waals surface area contributed by atoms with Gasteiger partial charge in [0.05, 0.1) is 18.8 Å². The lowest BCUT2D eigenvalue weighted by Crippen LogP contribution is -2.45. The summed E-state index contributed by atoms with van der Waals surface area (Å²) in [5.41, 5.74) is 2.52. The molecular weight excluding hydrogens is 436 g/mol. The van der Waals surface area contributed by atoms with Crippen molar-refractivity contribution in [2.75, 3.05) is 36.9 Å². The highest BCUT2D eigenvalue weighted by Gasteiger charge is 2.34. The average Bonchev–Trinajstić information content (AvgIpc) is 3.37. The van der Waals surface area contributed by atoms with Crippen LogP contribution in [-0.2, 0) is 4.79 Å². The number of likely N-dealkylation sites (N-methyl/N-ethyl adjacent to an activating group) is 1. The van der Waals surface area contributed by atoms with Crippen LogP contribution in [0.4, 0.5) is 11.8 Å². The third-order valence-corrected chi connectivity index (χ3v) is 7.30. The monoisotopic (exact) mass is 464 g/mol. The van der Waals surface area contributed by atoms with Gasteiger partial charge in [-0.2, -0.15) is 4.98 Å². The third kappa shape index (κ3) is 4.34. The van der Waals surface area contributed by atoms with Crippen LogP contribution in [0.2, 0.25) is 5.02 Å². The molecule has 8 heteroatoms. The standard InChI is InChI=1S/C25H29ClN6O/c1-3-16-7-10-32(11-8-16)25-28-15-21(26)23(30-25)29-19-4-5-22-18(12-19)13-20(24(33)31(22)2)17-6-9-27-14-17/h4-6,12-16,18,22H,3,7-11H2,1-2H3,(H,28,29,30). The number of fused-ring (bicyclic) bond motifs is 1. The van der Waals surface area contributed by atoms with Crippen molar-refractivity contribution >= 4 is 35.5 Å². The Labute approximate surface area is 199 Å². The number of carbonyl (C=O) groups excluding carboxylic acids is 1. The number of allylic oxidation sites excluding steroid dienone is 1. The van der Waals surface area contributed by atoms with Crippen LogP contribution in [0.3, 0.4) is 0 Å². The highest BCUT2D eigenvalue weighted by molar-refractivity contribution is 6.32. The molecule has 1 aromatic heterocycles. The number of carbonyl (C=O) groups is 1. The van der Waals surface area contributed by atoms with Gasteiger partial charge >= 0.3 is 0 Å². The van der Waals surface area contributed by atoms with Crippen molar-refractivity contribution < 1.29 is 4.79 Å². The van der Waals surface area contributed by atoms with E-state index in [1.54, 1.807) is 17.3 Å². The number of halogens is 1. The lowest BCUT2D eigenvalue weighted by molar-refractivity contribution is -0.128. The van der Waals surface area contributed by atoms with Crippen molar-refractivity contribution in [3.8, 4) is 0 Å². The number of nitrogens with one attached hydrogen (secondary N) is 1. The molecule has 33 heavy (non-hydrogen) atoms. The Kier molecular flexibility index (Phi) is 6.06. The molecule has 0 aromatic carbocycles. The molecule has 1 amide bonds. The van der Waals surface area contributed by atoms with Crippen molar-refractivity contribution in [2.24, 2.45) is 16.8 Å². The maximum atomic E-state index is 12.9. The summed E-state index contributed by atoms with van der Waals surface area (Å²) in [6.07, 6.45) is 17.2. The molecule has 1 aliphatic carbocycles. The number of aromatic nitrogens is 2. The van der Waals surface area contributed by atoms with Gasteiger partial charge in [-0.1, -0.05) is 49.2 Å². The van der Waals surface area contributed by atoms with Gasteiger partial charge in [-0.25, -0.2) is 4.98 Å². The molecule has 1 N–H and O–H groups in total. The molecule has 1 fully saturated rings. The Morgan fingerprint density at radius 3 is 2.79 bits per heavy atom. The predicted molar refractivity (Wildman–Crippen MR) is 133 cm³/mol. The summed E-state index contributed by atoms with van der Waals surface area (Å²) < 4.78 is 0. The van der Waals surface area contributed by atoms with Crippen LogP contribution in [0, 0.1) is 11.8 Å². The second-order valence-electron chi connectivity index (χ2n) is 9.03. The van der Waals surface area contributed by atoms with Crippen molar-refractivity contribution in [3.63, 3.8) is 0 Å². The molecule has 1 aromatic rings. The van der Waals surface area contributed by atoms with E-state index in [0.717, 1.165) is 30.3 Å². The smallest absolute Gasteiger partial charge is 0.254 e. The van der Waals surface area contributed by atoms with E-state index in [9.17, 15) is 4.79 Å².